The highest BCUT2D eigenvalue weighted by Gasteiger charge is 2.25. The highest BCUT2D eigenvalue weighted by Crippen LogP contribution is 2.30. The molecule has 0 aromatic rings. The fourth-order valence-corrected chi connectivity index (χ4v) is 2.39. The highest BCUT2D eigenvalue weighted by atomic mass is 16.6. The molecule has 1 saturated carbocycles. The smallest absolute Gasteiger partial charge is 0.407 e. The van der Waals surface area contributed by atoms with E-state index in [1.165, 1.54) is 0 Å². The number of carboxylic acids is 1. The number of ether oxygens (including phenoxy) is 1. The molecule has 19 heavy (non-hydrogen) atoms. The van der Waals surface area contributed by atoms with Crippen LogP contribution in [0.2, 0.25) is 0 Å². The van der Waals surface area contributed by atoms with Crippen molar-refractivity contribution in [3.63, 3.8) is 0 Å². The lowest BCUT2D eigenvalue weighted by Crippen LogP contribution is -2.34. The molecule has 110 valence electrons. The number of carbonyl (C=O) groups is 2. The third-order valence-electron chi connectivity index (χ3n) is 3.42. The SMILES string of the molecule is CC(C)(C)OC(=O)NCC[C@H]1CC[C@H](C(=O)O)CC1. The van der Waals surface area contributed by atoms with Gasteiger partial charge in [-0.3, -0.25) is 4.79 Å². The van der Waals surface area contributed by atoms with E-state index in [0.717, 1.165) is 32.1 Å². The van der Waals surface area contributed by atoms with Crippen molar-refractivity contribution in [3.05, 3.63) is 0 Å². The van der Waals surface area contributed by atoms with Crippen molar-refractivity contribution in [1.29, 1.82) is 0 Å². The fraction of sp³-hybridized carbons (Fsp3) is 0.857. The number of rotatable bonds is 4. The molecule has 0 heterocycles. The molecule has 0 aliphatic heterocycles. The summed E-state index contributed by atoms with van der Waals surface area (Å²) < 4.78 is 5.15. The van der Waals surface area contributed by atoms with E-state index in [1.54, 1.807) is 0 Å². The topological polar surface area (TPSA) is 75.6 Å². The first-order valence-corrected chi connectivity index (χ1v) is 6.97. The molecule has 1 fully saturated rings. The molecule has 0 atom stereocenters. The van der Waals surface area contributed by atoms with Crippen molar-refractivity contribution >= 4 is 12.1 Å². The van der Waals surface area contributed by atoms with Crippen molar-refractivity contribution in [2.24, 2.45) is 11.8 Å². The summed E-state index contributed by atoms with van der Waals surface area (Å²) in [6.07, 6.45) is 3.90. The van der Waals surface area contributed by atoms with E-state index < -0.39 is 11.6 Å². The second-order valence-electron chi connectivity index (χ2n) is 6.27. The summed E-state index contributed by atoms with van der Waals surface area (Å²) >= 11 is 0. The Hall–Kier alpha value is -1.26. The molecule has 0 unspecified atom stereocenters. The predicted octanol–water partition coefficient (Wildman–Crippen LogP) is 2.79. The Labute approximate surface area is 114 Å². The lowest BCUT2D eigenvalue weighted by molar-refractivity contribution is -0.143. The zero-order valence-electron chi connectivity index (χ0n) is 12.1. The monoisotopic (exact) mass is 271 g/mol. The quantitative estimate of drug-likeness (QED) is 0.824. The van der Waals surface area contributed by atoms with Crippen LogP contribution < -0.4 is 5.32 Å². The first-order valence-electron chi connectivity index (χ1n) is 6.97. The van der Waals surface area contributed by atoms with Crippen molar-refractivity contribution < 1.29 is 19.4 Å². The van der Waals surface area contributed by atoms with Crippen LogP contribution in [0.15, 0.2) is 0 Å². The van der Waals surface area contributed by atoms with Crippen molar-refractivity contribution in [1.82, 2.24) is 5.32 Å². The van der Waals surface area contributed by atoms with E-state index in [0.29, 0.717) is 12.5 Å². The molecule has 1 aliphatic rings. The first-order chi connectivity index (χ1) is 8.78. The van der Waals surface area contributed by atoms with Crippen LogP contribution >= 0.6 is 0 Å². The number of aliphatic carboxylic acids is 1. The van der Waals surface area contributed by atoms with Crippen LogP contribution in [0.4, 0.5) is 4.79 Å². The molecule has 0 saturated heterocycles. The summed E-state index contributed by atoms with van der Waals surface area (Å²) in [5, 5.41) is 11.7. The Kier molecular flexibility index (Phi) is 5.63. The Morgan fingerprint density at radius 2 is 1.79 bits per heavy atom. The van der Waals surface area contributed by atoms with Gasteiger partial charge in [-0.25, -0.2) is 4.79 Å². The molecule has 5 nitrogen and oxygen atoms in total. The van der Waals surface area contributed by atoms with Crippen LogP contribution in [-0.2, 0) is 9.53 Å². The minimum absolute atomic E-state index is 0.171. The summed E-state index contributed by atoms with van der Waals surface area (Å²) in [5.41, 5.74) is -0.469. The minimum Gasteiger partial charge on any atom is -0.481 e. The van der Waals surface area contributed by atoms with E-state index in [2.05, 4.69) is 5.32 Å². The highest BCUT2D eigenvalue weighted by molar-refractivity contribution is 5.70. The van der Waals surface area contributed by atoms with Gasteiger partial charge in [0.2, 0.25) is 0 Å². The van der Waals surface area contributed by atoms with Gasteiger partial charge in [-0.15, -0.1) is 0 Å². The standard InChI is InChI=1S/C14H25NO4/c1-14(2,3)19-13(18)15-9-8-10-4-6-11(7-5-10)12(16)17/h10-11H,4-9H2,1-3H3,(H,15,18)(H,16,17)/t10-,11-. The second-order valence-corrected chi connectivity index (χ2v) is 6.27. The molecule has 0 radical (unpaired) electrons. The summed E-state index contributed by atoms with van der Waals surface area (Å²) in [4.78, 5) is 22.3. The predicted molar refractivity (Wildman–Crippen MR) is 71.9 cm³/mol. The largest absolute Gasteiger partial charge is 0.481 e. The van der Waals surface area contributed by atoms with Crippen molar-refractivity contribution in [3.8, 4) is 0 Å². The number of carbonyl (C=O) groups excluding carboxylic acids is 1. The average Bonchev–Trinajstić information content (AvgIpc) is 2.27. The van der Waals surface area contributed by atoms with Crippen LogP contribution in [0.3, 0.4) is 0 Å². The van der Waals surface area contributed by atoms with Crippen LogP contribution in [0.25, 0.3) is 0 Å². The minimum atomic E-state index is -0.676. The van der Waals surface area contributed by atoms with Gasteiger partial charge < -0.3 is 15.2 Å². The van der Waals surface area contributed by atoms with Gasteiger partial charge in [0.05, 0.1) is 5.92 Å². The Balaban J connectivity index is 2.14. The number of amides is 1. The van der Waals surface area contributed by atoms with E-state index in [-0.39, 0.29) is 12.0 Å². The van der Waals surface area contributed by atoms with Crippen LogP contribution in [0.1, 0.15) is 52.9 Å². The molecule has 0 aromatic heterocycles. The first kappa shape index (κ1) is 15.8. The normalized spacial score (nSPS) is 23.7. The van der Waals surface area contributed by atoms with Crippen LogP contribution in [0.5, 0.6) is 0 Å². The number of hydrogen-bond acceptors (Lipinski definition) is 3. The van der Waals surface area contributed by atoms with Crippen molar-refractivity contribution in [2.45, 2.75) is 58.5 Å². The van der Waals surface area contributed by atoms with E-state index in [9.17, 15) is 9.59 Å². The molecule has 2 N–H and O–H groups in total. The molecular formula is C14H25NO4. The number of carboxylic acid groups (broad SMARTS) is 1. The van der Waals surface area contributed by atoms with Gasteiger partial charge in [0.1, 0.15) is 5.60 Å². The number of alkyl carbamates (subject to hydrolysis) is 1. The van der Waals surface area contributed by atoms with Gasteiger partial charge in [-0.1, -0.05) is 0 Å². The van der Waals surface area contributed by atoms with Gasteiger partial charge in [-0.05, 0) is 58.8 Å². The molecule has 1 aliphatic carbocycles. The van der Waals surface area contributed by atoms with E-state index in [1.807, 2.05) is 20.8 Å². The molecule has 1 rings (SSSR count). The second kappa shape index (κ2) is 6.78. The lowest BCUT2D eigenvalue weighted by atomic mass is 9.80. The van der Waals surface area contributed by atoms with Gasteiger partial charge in [-0.2, -0.15) is 0 Å². The Bertz CT molecular complexity index is 314. The van der Waals surface area contributed by atoms with Crippen LogP contribution in [0, 0.1) is 11.8 Å². The third-order valence-corrected chi connectivity index (χ3v) is 3.42. The van der Waals surface area contributed by atoms with Gasteiger partial charge >= 0.3 is 12.1 Å². The molecule has 0 bridgehead atoms. The molecule has 0 spiro atoms. The lowest BCUT2D eigenvalue weighted by Gasteiger charge is -2.26. The maximum atomic E-state index is 11.4. The molecular weight excluding hydrogens is 246 g/mol. The maximum absolute atomic E-state index is 11.4. The molecule has 0 aromatic carbocycles. The number of hydrogen-bond donors (Lipinski definition) is 2. The van der Waals surface area contributed by atoms with Gasteiger partial charge in [0.15, 0.2) is 0 Å². The summed E-state index contributed by atoms with van der Waals surface area (Å²) in [6, 6.07) is 0. The van der Waals surface area contributed by atoms with Gasteiger partial charge in [0.25, 0.3) is 0 Å². The maximum Gasteiger partial charge on any atom is 0.407 e. The average molecular weight is 271 g/mol. The zero-order chi connectivity index (χ0) is 14.5. The van der Waals surface area contributed by atoms with Crippen LogP contribution in [-0.4, -0.2) is 29.3 Å². The van der Waals surface area contributed by atoms with Crippen molar-refractivity contribution in [2.75, 3.05) is 6.54 Å². The van der Waals surface area contributed by atoms with Gasteiger partial charge in [0, 0.05) is 6.54 Å². The summed E-state index contributed by atoms with van der Waals surface area (Å²) in [5.74, 6) is -0.328. The Morgan fingerprint density at radius 1 is 1.21 bits per heavy atom. The van der Waals surface area contributed by atoms with E-state index in [4.69, 9.17) is 9.84 Å². The molecule has 1 amide bonds. The fourth-order valence-electron chi connectivity index (χ4n) is 2.39. The zero-order valence-corrected chi connectivity index (χ0v) is 12.1. The number of nitrogens with one attached hydrogen (secondary N) is 1. The molecule has 5 heteroatoms. The Morgan fingerprint density at radius 3 is 2.26 bits per heavy atom. The summed E-state index contributed by atoms with van der Waals surface area (Å²) in [7, 11) is 0. The summed E-state index contributed by atoms with van der Waals surface area (Å²) in [6.45, 7) is 6.09. The third kappa shape index (κ3) is 6.45. The van der Waals surface area contributed by atoms with E-state index >= 15 is 0 Å².